The maximum Gasteiger partial charge on any atom is 0.333 e. The van der Waals surface area contributed by atoms with E-state index >= 15 is 0 Å². The van der Waals surface area contributed by atoms with Crippen molar-refractivity contribution in [1.82, 2.24) is 5.01 Å². The molecular weight excluding hydrogens is 214 g/mol. The fraction of sp³-hybridized carbons (Fsp3) is 0.300. The summed E-state index contributed by atoms with van der Waals surface area (Å²) in [6, 6.07) is 4.93. The molecule has 0 heterocycles. The van der Waals surface area contributed by atoms with E-state index in [2.05, 4.69) is 5.43 Å². The Hall–Kier alpha value is -1.42. The fourth-order valence-electron chi connectivity index (χ4n) is 1.16. The number of hydrogen-bond donors (Lipinski definition) is 2. The molecule has 0 fully saturated rings. The quantitative estimate of drug-likeness (QED) is 0.779. The van der Waals surface area contributed by atoms with Crippen molar-refractivity contribution in [3.8, 4) is 0 Å². The Labute approximate surface area is 94.0 Å². The van der Waals surface area contributed by atoms with Gasteiger partial charge in [0.05, 0.1) is 5.69 Å². The molecular formula is C10H14ClN3O. The lowest BCUT2D eigenvalue weighted by atomic mass is 10.2. The van der Waals surface area contributed by atoms with Crippen LogP contribution in [0.15, 0.2) is 18.2 Å². The highest BCUT2D eigenvalue weighted by Crippen LogP contribution is 2.23. The number of primary amides is 1. The molecule has 0 unspecified atom stereocenters. The lowest BCUT2D eigenvalue weighted by Crippen LogP contribution is -2.40. The van der Waals surface area contributed by atoms with Crippen molar-refractivity contribution < 1.29 is 4.79 Å². The number of urea groups is 1. The zero-order valence-electron chi connectivity index (χ0n) is 8.75. The average molecular weight is 228 g/mol. The number of anilines is 1. The molecule has 2 amide bonds. The second-order valence-corrected chi connectivity index (χ2v) is 3.51. The van der Waals surface area contributed by atoms with Crippen LogP contribution in [0.4, 0.5) is 10.5 Å². The van der Waals surface area contributed by atoms with Crippen molar-refractivity contribution in [2.45, 2.75) is 13.8 Å². The van der Waals surface area contributed by atoms with Crippen LogP contribution in [-0.2, 0) is 0 Å². The van der Waals surface area contributed by atoms with E-state index in [0.29, 0.717) is 11.6 Å². The summed E-state index contributed by atoms with van der Waals surface area (Å²) in [5.41, 5.74) is 9.75. The standard InChI is InChI=1S/C10H14ClN3O/c1-3-14(10(12)15)13-9-6-4-5-8(11)7(9)2/h4-6,13H,3H2,1-2H3,(H2,12,15). The number of halogens is 1. The van der Waals surface area contributed by atoms with E-state index in [4.69, 9.17) is 17.3 Å². The van der Waals surface area contributed by atoms with E-state index < -0.39 is 6.03 Å². The molecule has 0 atom stereocenters. The minimum absolute atomic E-state index is 0.487. The van der Waals surface area contributed by atoms with Gasteiger partial charge in [0.15, 0.2) is 0 Å². The Morgan fingerprint density at radius 3 is 2.80 bits per heavy atom. The van der Waals surface area contributed by atoms with E-state index in [9.17, 15) is 4.79 Å². The van der Waals surface area contributed by atoms with Gasteiger partial charge in [-0.05, 0) is 31.5 Å². The molecule has 3 N–H and O–H groups in total. The third-order valence-electron chi connectivity index (χ3n) is 2.11. The Morgan fingerprint density at radius 2 is 2.27 bits per heavy atom. The summed E-state index contributed by atoms with van der Waals surface area (Å²) in [6.07, 6.45) is 0. The van der Waals surface area contributed by atoms with Crippen molar-refractivity contribution in [3.63, 3.8) is 0 Å². The fourth-order valence-corrected chi connectivity index (χ4v) is 1.34. The predicted molar refractivity (Wildman–Crippen MR) is 61.8 cm³/mol. The molecule has 0 saturated heterocycles. The average Bonchev–Trinajstić information content (AvgIpc) is 2.19. The Kier molecular flexibility index (Phi) is 3.80. The number of carbonyl (C=O) groups is 1. The second-order valence-electron chi connectivity index (χ2n) is 3.11. The van der Waals surface area contributed by atoms with Crippen LogP contribution in [0.25, 0.3) is 0 Å². The molecule has 0 aliphatic heterocycles. The van der Waals surface area contributed by atoms with Gasteiger partial charge >= 0.3 is 6.03 Å². The van der Waals surface area contributed by atoms with Crippen molar-refractivity contribution in [2.24, 2.45) is 5.73 Å². The SMILES string of the molecule is CCN(Nc1cccc(Cl)c1C)C(N)=O. The molecule has 0 radical (unpaired) electrons. The number of benzene rings is 1. The first kappa shape index (κ1) is 11.7. The van der Waals surface area contributed by atoms with Crippen LogP contribution in [0.5, 0.6) is 0 Å². The predicted octanol–water partition coefficient (Wildman–Crippen LogP) is 2.38. The number of nitrogens with zero attached hydrogens (tertiary/aromatic N) is 1. The first-order chi connectivity index (χ1) is 7.06. The third kappa shape index (κ3) is 2.76. The molecule has 1 rings (SSSR count). The molecule has 1 aromatic rings. The van der Waals surface area contributed by atoms with Crippen LogP contribution in [0, 0.1) is 6.92 Å². The molecule has 0 saturated carbocycles. The molecule has 0 aliphatic carbocycles. The van der Waals surface area contributed by atoms with Crippen LogP contribution in [0.2, 0.25) is 5.02 Å². The van der Waals surface area contributed by atoms with E-state index in [0.717, 1.165) is 11.3 Å². The van der Waals surface area contributed by atoms with Crippen molar-refractivity contribution in [3.05, 3.63) is 28.8 Å². The van der Waals surface area contributed by atoms with Gasteiger partial charge in [-0.3, -0.25) is 5.43 Å². The number of carbonyl (C=O) groups excluding carboxylic acids is 1. The molecule has 15 heavy (non-hydrogen) atoms. The number of nitrogens with one attached hydrogen (secondary N) is 1. The van der Waals surface area contributed by atoms with E-state index in [1.165, 1.54) is 5.01 Å². The maximum atomic E-state index is 11.0. The first-order valence-corrected chi connectivity index (χ1v) is 5.02. The van der Waals surface area contributed by atoms with Crippen LogP contribution in [0.3, 0.4) is 0 Å². The first-order valence-electron chi connectivity index (χ1n) is 4.65. The summed E-state index contributed by atoms with van der Waals surface area (Å²) < 4.78 is 0. The van der Waals surface area contributed by atoms with Crippen molar-refractivity contribution >= 4 is 23.3 Å². The largest absolute Gasteiger partial charge is 0.350 e. The molecule has 0 bridgehead atoms. The molecule has 1 aromatic carbocycles. The monoisotopic (exact) mass is 227 g/mol. The highest BCUT2D eigenvalue weighted by atomic mass is 35.5. The van der Waals surface area contributed by atoms with Gasteiger partial charge in [0.2, 0.25) is 0 Å². The normalized spacial score (nSPS) is 9.80. The maximum absolute atomic E-state index is 11.0. The number of amides is 2. The summed E-state index contributed by atoms with van der Waals surface area (Å²) >= 11 is 5.95. The van der Waals surface area contributed by atoms with Crippen LogP contribution in [0.1, 0.15) is 12.5 Å². The number of nitrogens with two attached hydrogens (primary N) is 1. The van der Waals surface area contributed by atoms with E-state index in [1.807, 2.05) is 26.0 Å². The molecule has 5 heteroatoms. The van der Waals surface area contributed by atoms with Crippen LogP contribution >= 0.6 is 11.6 Å². The van der Waals surface area contributed by atoms with Gasteiger partial charge in [0, 0.05) is 11.6 Å². The molecule has 82 valence electrons. The van der Waals surface area contributed by atoms with Crippen molar-refractivity contribution in [2.75, 3.05) is 12.0 Å². The summed E-state index contributed by atoms with van der Waals surface area (Å²) in [7, 11) is 0. The Morgan fingerprint density at radius 1 is 1.60 bits per heavy atom. The topological polar surface area (TPSA) is 58.4 Å². The molecule has 0 aliphatic rings. The molecule has 0 aromatic heterocycles. The molecule has 0 spiro atoms. The lowest BCUT2D eigenvalue weighted by molar-refractivity contribution is 0.220. The molecule has 4 nitrogen and oxygen atoms in total. The van der Waals surface area contributed by atoms with Gasteiger partial charge in [-0.25, -0.2) is 9.80 Å². The van der Waals surface area contributed by atoms with E-state index in [1.54, 1.807) is 6.07 Å². The highest BCUT2D eigenvalue weighted by molar-refractivity contribution is 6.31. The van der Waals surface area contributed by atoms with Gasteiger partial charge in [0.1, 0.15) is 0 Å². The number of rotatable bonds is 3. The lowest BCUT2D eigenvalue weighted by Gasteiger charge is -2.21. The van der Waals surface area contributed by atoms with Crippen molar-refractivity contribution in [1.29, 1.82) is 0 Å². The smallest absolute Gasteiger partial charge is 0.333 e. The zero-order valence-corrected chi connectivity index (χ0v) is 9.51. The van der Waals surface area contributed by atoms with Gasteiger partial charge in [0.25, 0.3) is 0 Å². The Bertz CT molecular complexity index is 368. The van der Waals surface area contributed by atoms with Gasteiger partial charge in [-0.15, -0.1) is 0 Å². The highest BCUT2D eigenvalue weighted by Gasteiger charge is 2.08. The third-order valence-corrected chi connectivity index (χ3v) is 2.51. The number of hydrogen-bond acceptors (Lipinski definition) is 2. The van der Waals surface area contributed by atoms with Gasteiger partial charge in [-0.2, -0.15) is 0 Å². The van der Waals surface area contributed by atoms with Crippen LogP contribution < -0.4 is 11.2 Å². The minimum atomic E-state index is -0.517. The summed E-state index contributed by atoms with van der Waals surface area (Å²) in [5, 5.41) is 1.97. The minimum Gasteiger partial charge on any atom is -0.350 e. The summed E-state index contributed by atoms with van der Waals surface area (Å²) in [4.78, 5) is 11.0. The van der Waals surface area contributed by atoms with Crippen LogP contribution in [-0.4, -0.2) is 17.6 Å². The van der Waals surface area contributed by atoms with Gasteiger partial charge in [-0.1, -0.05) is 17.7 Å². The summed E-state index contributed by atoms with van der Waals surface area (Å²) in [5.74, 6) is 0. The second kappa shape index (κ2) is 4.89. The summed E-state index contributed by atoms with van der Waals surface area (Å²) in [6.45, 7) is 4.19. The zero-order chi connectivity index (χ0) is 11.4. The van der Waals surface area contributed by atoms with Gasteiger partial charge < -0.3 is 5.73 Å². The number of hydrazine groups is 1. The Balaban J connectivity index is 2.88. The van der Waals surface area contributed by atoms with E-state index in [-0.39, 0.29) is 0 Å².